The molecule has 0 aromatic heterocycles. The van der Waals surface area contributed by atoms with E-state index in [1.54, 1.807) is 0 Å². The normalized spacial score (nSPS) is 15.1. The summed E-state index contributed by atoms with van der Waals surface area (Å²) in [6, 6.07) is 4.51. The Bertz CT molecular complexity index is 671. The number of carbonyl (C=O) groups excluding carboxylic acids is 2. The van der Waals surface area contributed by atoms with Crippen molar-refractivity contribution in [2.75, 3.05) is 4.90 Å². The molecule has 0 unspecified atom stereocenters. The Labute approximate surface area is 119 Å². The summed E-state index contributed by atoms with van der Waals surface area (Å²) >= 11 is 0. The van der Waals surface area contributed by atoms with Gasteiger partial charge >= 0.3 is 12.4 Å². The van der Waals surface area contributed by atoms with Crippen LogP contribution >= 0.6 is 0 Å². The van der Waals surface area contributed by atoms with Crippen LogP contribution in [-0.4, -0.2) is 24.2 Å². The largest absolute Gasteiger partial charge is 0.422 e. The van der Waals surface area contributed by atoms with Crippen molar-refractivity contribution in [2.45, 2.75) is 19.3 Å². The first-order chi connectivity index (χ1) is 9.96. The second-order valence-electron chi connectivity index (χ2n) is 4.42. The molecule has 2 amide bonds. The van der Waals surface area contributed by atoms with Crippen molar-refractivity contribution in [3.63, 3.8) is 0 Å². The van der Waals surface area contributed by atoms with Crippen molar-refractivity contribution in [3.05, 3.63) is 35.4 Å². The quantitative estimate of drug-likeness (QED) is 0.542. The van der Waals surface area contributed by atoms with Gasteiger partial charge in [0, 0.05) is 12.5 Å². The van der Waals surface area contributed by atoms with E-state index in [0.29, 0.717) is 4.90 Å². The van der Waals surface area contributed by atoms with Gasteiger partial charge in [-0.05, 0) is 6.07 Å². The molecule has 1 aromatic carbocycles. The first kappa shape index (κ1) is 16.1. The zero-order valence-electron chi connectivity index (χ0n) is 10.8. The van der Waals surface area contributed by atoms with E-state index in [9.17, 15) is 35.9 Å². The van der Waals surface area contributed by atoms with Gasteiger partial charge in [-0.3, -0.25) is 9.59 Å². The lowest BCUT2D eigenvalue weighted by molar-refractivity contribution is -0.171. The number of alkyl halides is 6. The Kier molecular flexibility index (Phi) is 3.54. The second-order valence-corrected chi connectivity index (χ2v) is 4.42. The minimum Gasteiger partial charge on any atom is -0.274 e. The number of imide groups is 1. The molecule has 1 aliphatic rings. The van der Waals surface area contributed by atoms with E-state index in [2.05, 4.69) is 0 Å². The fraction of sp³-hybridized carbons (Fsp3) is 0.231. The van der Waals surface area contributed by atoms with Crippen LogP contribution in [0.5, 0.6) is 0 Å². The van der Waals surface area contributed by atoms with Gasteiger partial charge in [0.15, 0.2) is 0 Å². The fourth-order valence-electron chi connectivity index (χ4n) is 2.21. The Morgan fingerprint density at radius 1 is 1.00 bits per heavy atom. The number of amides is 2. The average Bonchev–Trinajstić information content (AvgIpc) is 2.59. The number of hydrogen-bond acceptors (Lipinski definition) is 2. The van der Waals surface area contributed by atoms with Gasteiger partial charge in [-0.25, -0.2) is 4.90 Å². The lowest BCUT2D eigenvalue weighted by Gasteiger charge is -2.17. The maximum Gasteiger partial charge on any atom is 0.422 e. The summed E-state index contributed by atoms with van der Waals surface area (Å²) < 4.78 is 77.0. The van der Waals surface area contributed by atoms with Crippen molar-refractivity contribution in [1.82, 2.24) is 0 Å². The molecule has 0 atom stereocenters. The number of carbonyl (C=O) groups is 2. The van der Waals surface area contributed by atoms with E-state index < -0.39 is 40.9 Å². The molecule has 0 saturated heterocycles. The predicted octanol–water partition coefficient (Wildman–Crippen LogP) is 3.46. The molecule has 0 spiro atoms. The molecule has 0 saturated carbocycles. The SMILES string of the molecule is CC(=O)N1C(=O)C(=C(C(F)(F)F)C(F)(F)F)c2ccccc21. The minimum absolute atomic E-state index is 0.294. The molecule has 22 heavy (non-hydrogen) atoms. The van der Waals surface area contributed by atoms with Gasteiger partial charge in [0.1, 0.15) is 5.57 Å². The van der Waals surface area contributed by atoms with Crippen molar-refractivity contribution in [2.24, 2.45) is 0 Å². The smallest absolute Gasteiger partial charge is 0.274 e. The van der Waals surface area contributed by atoms with Crippen LogP contribution in [0, 0.1) is 0 Å². The van der Waals surface area contributed by atoms with E-state index in [-0.39, 0.29) is 5.69 Å². The molecule has 0 fully saturated rings. The summed E-state index contributed by atoms with van der Waals surface area (Å²) in [7, 11) is 0. The highest BCUT2D eigenvalue weighted by Crippen LogP contribution is 2.48. The number of hydrogen-bond donors (Lipinski definition) is 0. The summed E-state index contributed by atoms with van der Waals surface area (Å²) in [5.74, 6) is -2.62. The van der Waals surface area contributed by atoms with Gasteiger partial charge in [-0.15, -0.1) is 0 Å². The average molecular weight is 323 g/mol. The molecule has 0 N–H and O–H groups in total. The summed E-state index contributed by atoms with van der Waals surface area (Å²) in [5.41, 5.74) is -5.36. The first-order valence-electron chi connectivity index (χ1n) is 5.79. The third-order valence-corrected chi connectivity index (χ3v) is 2.96. The van der Waals surface area contributed by atoms with Gasteiger partial charge in [0.25, 0.3) is 5.91 Å². The first-order valence-corrected chi connectivity index (χ1v) is 5.79. The number of para-hydroxylation sites is 1. The van der Waals surface area contributed by atoms with Crippen LogP contribution in [0.25, 0.3) is 5.57 Å². The van der Waals surface area contributed by atoms with Gasteiger partial charge in [0.2, 0.25) is 5.91 Å². The van der Waals surface area contributed by atoms with Gasteiger partial charge in [-0.1, -0.05) is 18.2 Å². The van der Waals surface area contributed by atoms with E-state index in [4.69, 9.17) is 0 Å². The molecular weight excluding hydrogens is 316 g/mol. The van der Waals surface area contributed by atoms with E-state index in [1.807, 2.05) is 0 Å². The molecule has 2 rings (SSSR count). The van der Waals surface area contributed by atoms with Crippen LogP contribution in [-0.2, 0) is 9.59 Å². The van der Waals surface area contributed by atoms with E-state index >= 15 is 0 Å². The number of anilines is 1. The summed E-state index contributed by atoms with van der Waals surface area (Å²) in [6.45, 7) is 0.873. The Hall–Kier alpha value is -2.32. The maximum absolute atomic E-state index is 12.8. The maximum atomic E-state index is 12.8. The van der Waals surface area contributed by atoms with Gasteiger partial charge in [0.05, 0.1) is 11.3 Å². The topological polar surface area (TPSA) is 37.4 Å². The third-order valence-electron chi connectivity index (χ3n) is 2.96. The van der Waals surface area contributed by atoms with Crippen LogP contribution in [0.3, 0.4) is 0 Å². The molecule has 3 nitrogen and oxygen atoms in total. The van der Waals surface area contributed by atoms with Crippen molar-refractivity contribution in [1.29, 1.82) is 0 Å². The molecular formula is C13H7F6NO2. The van der Waals surface area contributed by atoms with Crippen LogP contribution in [0.15, 0.2) is 29.8 Å². The highest BCUT2D eigenvalue weighted by Gasteiger charge is 2.56. The minimum atomic E-state index is -5.79. The molecule has 1 aliphatic heterocycles. The molecule has 9 heteroatoms. The zero-order chi connectivity index (χ0) is 16.9. The highest BCUT2D eigenvalue weighted by atomic mass is 19.4. The predicted molar refractivity (Wildman–Crippen MR) is 63.6 cm³/mol. The molecule has 0 radical (unpaired) electrons. The number of fused-ring (bicyclic) bond motifs is 1. The number of nitrogens with zero attached hydrogens (tertiary/aromatic N) is 1. The third kappa shape index (κ3) is 2.46. The molecule has 0 bridgehead atoms. The Balaban J connectivity index is 2.88. The van der Waals surface area contributed by atoms with Crippen LogP contribution in [0.2, 0.25) is 0 Å². The van der Waals surface area contributed by atoms with Crippen LogP contribution in [0.4, 0.5) is 32.0 Å². The number of halogens is 6. The highest BCUT2D eigenvalue weighted by molar-refractivity contribution is 6.40. The zero-order valence-corrected chi connectivity index (χ0v) is 10.8. The lowest BCUT2D eigenvalue weighted by Crippen LogP contribution is -2.34. The lowest BCUT2D eigenvalue weighted by atomic mass is 10.0. The van der Waals surface area contributed by atoms with E-state index in [0.717, 1.165) is 19.1 Å². The van der Waals surface area contributed by atoms with Crippen molar-refractivity contribution in [3.8, 4) is 0 Å². The van der Waals surface area contributed by atoms with Crippen molar-refractivity contribution >= 4 is 23.1 Å². The molecule has 118 valence electrons. The van der Waals surface area contributed by atoms with Gasteiger partial charge in [-0.2, -0.15) is 26.3 Å². The van der Waals surface area contributed by atoms with Gasteiger partial charge < -0.3 is 0 Å². The van der Waals surface area contributed by atoms with Crippen molar-refractivity contribution < 1.29 is 35.9 Å². The Morgan fingerprint density at radius 3 is 1.95 bits per heavy atom. The standard InChI is InChI=1S/C13H7F6NO2/c1-6(21)20-8-5-3-2-4-7(8)9(11(20)22)10(12(14,15)16)13(17,18)19/h2-5H,1H3. The fourth-order valence-corrected chi connectivity index (χ4v) is 2.21. The van der Waals surface area contributed by atoms with Crippen LogP contribution in [0.1, 0.15) is 12.5 Å². The Morgan fingerprint density at radius 2 is 1.50 bits per heavy atom. The number of rotatable bonds is 0. The summed E-state index contributed by atoms with van der Waals surface area (Å²) in [5, 5.41) is 0. The second kappa shape index (κ2) is 4.85. The number of benzene rings is 1. The van der Waals surface area contributed by atoms with Crippen LogP contribution < -0.4 is 4.90 Å². The molecule has 1 aromatic rings. The molecule has 1 heterocycles. The number of allylic oxidation sites excluding steroid dienone is 1. The summed E-state index contributed by atoms with van der Waals surface area (Å²) in [4.78, 5) is 23.7. The molecule has 0 aliphatic carbocycles. The van der Waals surface area contributed by atoms with E-state index in [1.165, 1.54) is 12.1 Å². The monoisotopic (exact) mass is 323 g/mol. The summed E-state index contributed by atoms with van der Waals surface area (Å²) in [6.07, 6.45) is -11.6.